The number of carbonyl (C=O) groups excluding carboxylic acids is 2. The van der Waals surface area contributed by atoms with E-state index in [-0.39, 0.29) is 16.0 Å². The summed E-state index contributed by atoms with van der Waals surface area (Å²) in [6.45, 7) is 7.75. The van der Waals surface area contributed by atoms with Crippen molar-refractivity contribution in [3.8, 4) is 0 Å². The van der Waals surface area contributed by atoms with Gasteiger partial charge in [-0.05, 0) is 76.2 Å². The molecular formula is C42H28F5NO2S4. The highest BCUT2D eigenvalue weighted by Gasteiger charge is 2.47. The van der Waals surface area contributed by atoms with E-state index in [1.807, 2.05) is 125 Å². The third-order valence-electron chi connectivity index (χ3n) is 8.53. The van der Waals surface area contributed by atoms with Gasteiger partial charge in [0.1, 0.15) is 5.69 Å². The molecule has 3 nitrogen and oxygen atoms in total. The zero-order chi connectivity index (χ0) is 38.4. The quantitative estimate of drug-likeness (QED) is 0.0627. The summed E-state index contributed by atoms with van der Waals surface area (Å²) in [4.78, 5) is 34.2. The maximum atomic E-state index is 15.5. The highest BCUT2D eigenvalue weighted by Crippen LogP contribution is 2.56. The normalized spacial score (nSPS) is 12.5. The van der Waals surface area contributed by atoms with E-state index in [0.717, 1.165) is 32.0 Å². The fourth-order valence-corrected chi connectivity index (χ4v) is 10.3. The van der Waals surface area contributed by atoms with Crippen molar-refractivity contribution >= 4 is 64.5 Å². The van der Waals surface area contributed by atoms with Gasteiger partial charge in [-0.1, -0.05) is 118 Å². The van der Waals surface area contributed by atoms with Crippen LogP contribution in [0, 0.1) is 56.8 Å². The predicted molar refractivity (Wildman–Crippen MR) is 205 cm³/mol. The number of anilines is 1. The lowest BCUT2D eigenvalue weighted by atomic mass is 10.1. The maximum absolute atomic E-state index is 15.5. The van der Waals surface area contributed by atoms with Crippen LogP contribution in [0.15, 0.2) is 136 Å². The number of rotatable bonds is 9. The first-order valence-electron chi connectivity index (χ1n) is 16.4. The minimum Gasteiger partial charge on any atom is -0.268 e. The van der Waals surface area contributed by atoms with Crippen LogP contribution in [0.1, 0.15) is 43.0 Å². The average Bonchev–Trinajstić information content (AvgIpc) is 3.41. The van der Waals surface area contributed by atoms with Gasteiger partial charge in [0.15, 0.2) is 23.3 Å². The van der Waals surface area contributed by atoms with Crippen molar-refractivity contribution in [2.24, 2.45) is 0 Å². The number of amides is 2. The molecule has 0 bridgehead atoms. The highest BCUT2D eigenvalue weighted by atomic mass is 32.2. The van der Waals surface area contributed by atoms with E-state index in [4.69, 9.17) is 0 Å². The number of hydrogen-bond acceptors (Lipinski definition) is 6. The van der Waals surface area contributed by atoms with Crippen LogP contribution in [-0.2, 0) is 0 Å². The lowest BCUT2D eigenvalue weighted by Crippen LogP contribution is -2.32. The lowest BCUT2D eigenvalue weighted by molar-refractivity contribution is 0.0921. The van der Waals surface area contributed by atoms with E-state index < -0.39 is 46.6 Å². The van der Waals surface area contributed by atoms with E-state index in [9.17, 15) is 22.8 Å². The highest BCUT2D eigenvalue weighted by molar-refractivity contribution is 8.05. The molecule has 0 radical (unpaired) electrons. The van der Waals surface area contributed by atoms with Crippen molar-refractivity contribution in [3.05, 3.63) is 160 Å². The van der Waals surface area contributed by atoms with Crippen LogP contribution >= 0.6 is 47.0 Å². The number of hydrogen-bond donors (Lipinski definition) is 0. The summed E-state index contributed by atoms with van der Waals surface area (Å²) in [5.41, 5.74) is 1.96. The first-order valence-corrected chi connectivity index (χ1v) is 19.7. The zero-order valence-corrected chi connectivity index (χ0v) is 32.3. The first kappa shape index (κ1) is 37.8. The molecule has 7 rings (SSSR count). The molecule has 0 aliphatic carbocycles. The number of aryl methyl sites for hydroxylation is 4. The van der Waals surface area contributed by atoms with Gasteiger partial charge < -0.3 is 0 Å². The lowest BCUT2D eigenvalue weighted by Gasteiger charge is -2.21. The minimum absolute atomic E-state index is 0.0833. The summed E-state index contributed by atoms with van der Waals surface area (Å²) in [6.07, 6.45) is 0. The van der Waals surface area contributed by atoms with E-state index in [2.05, 4.69) is 0 Å². The van der Waals surface area contributed by atoms with Crippen LogP contribution < -0.4 is 4.90 Å². The Balaban J connectivity index is 1.58. The molecule has 12 heteroatoms. The topological polar surface area (TPSA) is 37.4 Å². The Morgan fingerprint density at radius 2 is 0.611 bits per heavy atom. The summed E-state index contributed by atoms with van der Waals surface area (Å²) in [6, 6.07) is 30.4. The first-order chi connectivity index (χ1) is 25.8. The SMILES string of the molecule is Cc1ccc(Sc2c(Sc3ccc(C)cc3)c(Sc3ccc(C)cc3)c3c(c2Sc2ccc(C)cc2)C(=O)N(c2c(F)c(F)c(F)c(F)c2F)C3=O)cc1. The van der Waals surface area contributed by atoms with Gasteiger partial charge in [-0.2, -0.15) is 0 Å². The second-order valence-corrected chi connectivity index (χ2v) is 16.9. The van der Waals surface area contributed by atoms with Gasteiger partial charge in [-0.15, -0.1) is 0 Å². The Labute approximate surface area is 325 Å². The molecule has 1 aliphatic heterocycles. The number of carbonyl (C=O) groups is 2. The van der Waals surface area contributed by atoms with Crippen molar-refractivity contribution in [2.75, 3.05) is 4.90 Å². The monoisotopic (exact) mass is 801 g/mol. The molecule has 0 N–H and O–H groups in total. The van der Waals surface area contributed by atoms with Crippen LogP contribution in [0.2, 0.25) is 0 Å². The Morgan fingerprint density at radius 1 is 0.370 bits per heavy atom. The molecule has 2 amide bonds. The van der Waals surface area contributed by atoms with Gasteiger partial charge in [0.05, 0.1) is 11.1 Å². The van der Waals surface area contributed by atoms with Gasteiger partial charge in [0.25, 0.3) is 11.8 Å². The molecule has 6 aromatic rings. The van der Waals surface area contributed by atoms with Gasteiger partial charge in [-0.25, -0.2) is 26.9 Å². The van der Waals surface area contributed by atoms with Crippen LogP contribution in [0.25, 0.3) is 0 Å². The van der Waals surface area contributed by atoms with Crippen molar-refractivity contribution < 1.29 is 31.5 Å². The largest absolute Gasteiger partial charge is 0.268 e. The molecule has 1 heterocycles. The average molecular weight is 802 g/mol. The molecule has 54 heavy (non-hydrogen) atoms. The molecule has 0 fully saturated rings. The Morgan fingerprint density at radius 3 is 0.889 bits per heavy atom. The summed E-state index contributed by atoms with van der Waals surface area (Å²) in [5, 5.41) is 0. The third kappa shape index (κ3) is 7.20. The van der Waals surface area contributed by atoms with Crippen molar-refractivity contribution in [1.82, 2.24) is 0 Å². The standard InChI is InChI=1S/C42H28F5NO2S4/c1-21-5-13-25(14-6-21)51-37-29-30(42(50)48(41(29)49)36-34(46)32(44)31(43)33(45)35(36)47)38(52-26-15-7-22(2)8-16-26)40(54-28-19-11-24(4)12-20-28)39(37)53-27-17-9-23(3)10-18-27/h5-20H,1-4H3. The number of imide groups is 1. The Kier molecular flexibility index (Phi) is 10.7. The molecule has 0 spiro atoms. The second kappa shape index (κ2) is 15.3. The molecule has 272 valence electrons. The summed E-state index contributed by atoms with van der Waals surface area (Å²) in [5.74, 6) is -13.9. The third-order valence-corrected chi connectivity index (χ3v) is 13.4. The van der Waals surface area contributed by atoms with Gasteiger partial charge in [0, 0.05) is 39.2 Å². The van der Waals surface area contributed by atoms with Gasteiger partial charge >= 0.3 is 0 Å². The molecule has 6 aromatic carbocycles. The second-order valence-electron chi connectivity index (χ2n) is 12.6. The van der Waals surface area contributed by atoms with E-state index in [0.29, 0.717) is 29.4 Å². The molecule has 1 aliphatic rings. The van der Waals surface area contributed by atoms with Crippen molar-refractivity contribution in [3.63, 3.8) is 0 Å². The molecule has 0 atom stereocenters. The maximum Gasteiger partial charge on any atom is 0.267 e. The minimum atomic E-state index is -2.40. The van der Waals surface area contributed by atoms with E-state index >= 15 is 8.78 Å². The Bertz CT molecular complexity index is 2290. The van der Waals surface area contributed by atoms with Crippen molar-refractivity contribution in [2.45, 2.75) is 66.9 Å². The number of benzene rings is 6. The van der Waals surface area contributed by atoms with Gasteiger partial charge in [-0.3, -0.25) is 9.59 Å². The summed E-state index contributed by atoms with van der Waals surface area (Å²) < 4.78 is 74.6. The number of nitrogens with zero attached hydrogens (tertiary/aromatic N) is 1. The molecule has 0 unspecified atom stereocenters. The summed E-state index contributed by atoms with van der Waals surface area (Å²) in [7, 11) is 0. The Hall–Kier alpha value is -4.49. The van der Waals surface area contributed by atoms with Crippen LogP contribution in [0.3, 0.4) is 0 Å². The smallest absolute Gasteiger partial charge is 0.267 e. The van der Waals surface area contributed by atoms with Crippen molar-refractivity contribution in [1.29, 1.82) is 0 Å². The van der Waals surface area contributed by atoms with Crippen LogP contribution in [-0.4, -0.2) is 11.8 Å². The molecule has 0 saturated heterocycles. The number of fused-ring (bicyclic) bond motifs is 1. The number of halogens is 5. The summed E-state index contributed by atoms with van der Waals surface area (Å²) >= 11 is 5.04. The molecular weight excluding hydrogens is 774 g/mol. The van der Waals surface area contributed by atoms with E-state index in [1.165, 1.54) is 47.0 Å². The molecule has 0 aromatic heterocycles. The van der Waals surface area contributed by atoms with Crippen LogP contribution in [0.4, 0.5) is 27.6 Å². The molecule has 0 saturated carbocycles. The fraction of sp³-hybridized carbons (Fsp3) is 0.0952. The van der Waals surface area contributed by atoms with E-state index in [1.54, 1.807) is 0 Å². The van der Waals surface area contributed by atoms with Crippen LogP contribution in [0.5, 0.6) is 0 Å². The zero-order valence-electron chi connectivity index (χ0n) is 29.0. The fourth-order valence-electron chi connectivity index (χ4n) is 5.65. The predicted octanol–water partition coefficient (Wildman–Crippen LogP) is 13.0. The van der Waals surface area contributed by atoms with Gasteiger partial charge in [0.2, 0.25) is 5.82 Å².